The molecule has 0 unspecified atom stereocenters. The first-order chi connectivity index (χ1) is 18.7. The molecular formula is C31H32ClN5OS. The lowest BCUT2D eigenvalue weighted by atomic mass is 9.96. The fourth-order valence-corrected chi connectivity index (χ4v) is 5.71. The van der Waals surface area contributed by atoms with Crippen molar-refractivity contribution in [1.29, 1.82) is 0 Å². The monoisotopic (exact) mass is 557 g/mol. The molecule has 1 amide bonds. The van der Waals surface area contributed by atoms with Gasteiger partial charge in [0.2, 0.25) is 5.91 Å². The molecule has 39 heavy (non-hydrogen) atoms. The molecule has 0 bridgehead atoms. The highest BCUT2D eigenvalue weighted by Crippen LogP contribution is 2.44. The van der Waals surface area contributed by atoms with Crippen LogP contribution in [0, 0.1) is 26.7 Å². The van der Waals surface area contributed by atoms with Crippen LogP contribution >= 0.6 is 23.8 Å². The maximum atomic E-state index is 12.3. The van der Waals surface area contributed by atoms with Gasteiger partial charge in [0.25, 0.3) is 0 Å². The second kappa shape index (κ2) is 10.8. The van der Waals surface area contributed by atoms with Crippen LogP contribution in [0.15, 0.2) is 72.9 Å². The molecule has 2 aromatic carbocycles. The number of nitrogens with zero attached hydrogens (tertiary/aromatic N) is 3. The average Bonchev–Trinajstić information content (AvgIpc) is 3.41. The number of hydrogen-bond acceptors (Lipinski definition) is 3. The standard InChI is InChI=1S/C31H32ClN5OS/c1-18(2)30(38)34-26-14-13-24(16-19(26)3)37-29(28(35-31(37)39)27-8-6-7-15-33-27)25-17-20(4)36(21(25)5)23-11-9-22(32)10-12-23/h6-18,28-29H,1-5H3,(H,34,38)(H,35,39)/t28-,29-/m1/s1. The minimum Gasteiger partial charge on any atom is -0.351 e. The van der Waals surface area contributed by atoms with E-state index in [9.17, 15) is 4.79 Å². The third-order valence-electron chi connectivity index (χ3n) is 7.24. The van der Waals surface area contributed by atoms with Crippen LogP contribution in [0.25, 0.3) is 5.69 Å². The van der Waals surface area contributed by atoms with Crippen LogP contribution in [0.1, 0.15) is 54.1 Å². The van der Waals surface area contributed by atoms with Gasteiger partial charge >= 0.3 is 0 Å². The lowest BCUT2D eigenvalue weighted by Crippen LogP contribution is -2.29. The van der Waals surface area contributed by atoms with E-state index in [4.69, 9.17) is 23.8 Å². The maximum absolute atomic E-state index is 12.3. The highest BCUT2D eigenvalue weighted by molar-refractivity contribution is 7.80. The zero-order chi connectivity index (χ0) is 27.8. The Morgan fingerprint density at radius 2 is 1.74 bits per heavy atom. The molecule has 6 nitrogen and oxygen atoms in total. The van der Waals surface area contributed by atoms with E-state index in [1.54, 1.807) is 0 Å². The number of aromatic nitrogens is 2. The summed E-state index contributed by atoms with van der Waals surface area (Å²) in [5, 5.41) is 7.91. The summed E-state index contributed by atoms with van der Waals surface area (Å²) < 4.78 is 2.25. The van der Waals surface area contributed by atoms with Gasteiger partial charge in [0, 0.05) is 45.6 Å². The number of nitrogens with one attached hydrogen (secondary N) is 2. The fourth-order valence-electron chi connectivity index (χ4n) is 5.24. The molecule has 2 atom stereocenters. The van der Waals surface area contributed by atoms with E-state index in [-0.39, 0.29) is 23.9 Å². The van der Waals surface area contributed by atoms with E-state index in [0.717, 1.165) is 45.3 Å². The minimum atomic E-state index is -0.154. The van der Waals surface area contributed by atoms with Crippen molar-refractivity contribution in [3.05, 3.63) is 106 Å². The van der Waals surface area contributed by atoms with Gasteiger partial charge in [-0.1, -0.05) is 31.5 Å². The molecule has 5 rings (SSSR count). The summed E-state index contributed by atoms with van der Waals surface area (Å²) in [5.74, 6) is -0.106. The van der Waals surface area contributed by atoms with E-state index < -0.39 is 0 Å². The largest absolute Gasteiger partial charge is 0.351 e. The number of anilines is 2. The third kappa shape index (κ3) is 5.16. The molecule has 0 radical (unpaired) electrons. The van der Waals surface area contributed by atoms with Crippen molar-refractivity contribution < 1.29 is 4.79 Å². The normalized spacial score (nSPS) is 17.0. The lowest BCUT2D eigenvalue weighted by Gasteiger charge is -2.29. The van der Waals surface area contributed by atoms with E-state index in [1.807, 2.05) is 81.6 Å². The number of thiocarbonyl (C=S) groups is 1. The Kier molecular flexibility index (Phi) is 7.47. The van der Waals surface area contributed by atoms with Crippen LogP contribution in [0.4, 0.5) is 11.4 Å². The van der Waals surface area contributed by atoms with Crippen LogP contribution in [-0.2, 0) is 4.79 Å². The van der Waals surface area contributed by atoms with E-state index >= 15 is 0 Å². The van der Waals surface area contributed by atoms with Gasteiger partial charge in [-0.3, -0.25) is 9.78 Å². The van der Waals surface area contributed by atoms with Gasteiger partial charge in [-0.05, 0) is 105 Å². The molecule has 0 spiro atoms. The third-order valence-corrected chi connectivity index (χ3v) is 7.81. The SMILES string of the molecule is Cc1cc(N2C(=S)N[C@H](c3ccccn3)[C@H]2c2cc(C)n(-c3ccc(Cl)cc3)c2C)ccc1NC(=O)C(C)C. The number of halogens is 1. The molecule has 2 aromatic heterocycles. The van der Waals surface area contributed by atoms with Crippen LogP contribution in [0.5, 0.6) is 0 Å². The number of benzene rings is 2. The summed E-state index contributed by atoms with van der Waals surface area (Å²) in [6.07, 6.45) is 1.81. The molecule has 0 saturated carbocycles. The number of rotatable bonds is 6. The molecule has 3 heterocycles. The predicted molar refractivity (Wildman–Crippen MR) is 163 cm³/mol. The van der Waals surface area contributed by atoms with E-state index in [2.05, 4.69) is 51.1 Å². The number of aryl methyl sites for hydroxylation is 2. The first kappa shape index (κ1) is 26.9. The zero-order valence-electron chi connectivity index (χ0n) is 22.7. The Morgan fingerprint density at radius 3 is 2.38 bits per heavy atom. The quantitative estimate of drug-likeness (QED) is 0.245. The van der Waals surface area contributed by atoms with Crippen molar-refractivity contribution in [3.63, 3.8) is 0 Å². The molecular weight excluding hydrogens is 526 g/mol. The van der Waals surface area contributed by atoms with Gasteiger partial charge in [0.15, 0.2) is 5.11 Å². The molecule has 2 N–H and O–H groups in total. The van der Waals surface area contributed by atoms with Gasteiger partial charge in [0.1, 0.15) is 0 Å². The number of carbonyl (C=O) groups is 1. The van der Waals surface area contributed by atoms with Crippen LogP contribution in [-0.4, -0.2) is 20.6 Å². The van der Waals surface area contributed by atoms with E-state index in [0.29, 0.717) is 10.1 Å². The summed E-state index contributed by atoms with van der Waals surface area (Å²) in [6.45, 7) is 10.0. The molecule has 8 heteroatoms. The Bertz CT molecular complexity index is 1530. The number of amides is 1. The summed E-state index contributed by atoms with van der Waals surface area (Å²) >= 11 is 12.1. The van der Waals surface area contributed by atoms with Gasteiger partial charge < -0.3 is 20.1 Å². The Morgan fingerprint density at radius 1 is 1.03 bits per heavy atom. The summed E-state index contributed by atoms with van der Waals surface area (Å²) in [4.78, 5) is 19.2. The summed E-state index contributed by atoms with van der Waals surface area (Å²) in [6, 6.07) is 21.8. The van der Waals surface area contributed by atoms with Gasteiger partial charge in [-0.2, -0.15) is 0 Å². The number of pyridine rings is 1. The van der Waals surface area contributed by atoms with E-state index in [1.165, 1.54) is 0 Å². The van der Waals surface area contributed by atoms with Crippen molar-refractivity contribution in [2.24, 2.45) is 5.92 Å². The predicted octanol–water partition coefficient (Wildman–Crippen LogP) is 7.22. The van der Waals surface area contributed by atoms with Gasteiger partial charge in [0.05, 0.1) is 17.8 Å². The topological polar surface area (TPSA) is 62.2 Å². The zero-order valence-corrected chi connectivity index (χ0v) is 24.3. The number of hydrogen-bond donors (Lipinski definition) is 2. The smallest absolute Gasteiger partial charge is 0.226 e. The maximum Gasteiger partial charge on any atom is 0.226 e. The molecule has 1 aliphatic heterocycles. The highest BCUT2D eigenvalue weighted by atomic mass is 35.5. The molecule has 1 fully saturated rings. The fraction of sp³-hybridized carbons (Fsp3) is 0.258. The highest BCUT2D eigenvalue weighted by Gasteiger charge is 2.42. The lowest BCUT2D eigenvalue weighted by molar-refractivity contribution is -0.118. The molecule has 1 saturated heterocycles. The minimum absolute atomic E-state index is 0.00746. The van der Waals surface area contributed by atoms with Crippen LogP contribution in [0.3, 0.4) is 0 Å². The Labute approximate surface area is 240 Å². The summed E-state index contributed by atoms with van der Waals surface area (Å²) in [7, 11) is 0. The first-order valence-electron chi connectivity index (χ1n) is 13.0. The Hall–Kier alpha value is -3.68. The Balaban J connectivity index is 1.61. The van der Waals surface area contributed by atoms with Crippen molar-refractivity contribution >= 4 is 46.2 Å². The van der Waals surface area contributed by atoms with Gasteiger partial charge in [-0.15, -0.1) is 0 Å². The van der Waals surface area contributed by atoms with Crippen molar-refractivity contribution in [2.45, 2.75) is 46.7 Å². The van der Waals surface area contributed by atoms with Crippen molar-refractivity contribution in [2.75, 3.05) is 10.2 Å². The van der Waals surface area contributed by atoms with Crippen LogP contribution < -0.4 is 15.5 Å². The second-order valence-corrected chi connectivity index (χ2v) is 11.1. The summed E-state index contributed by atoms with van der Waals surface area (Å²) in [5.41, 5.74) is 8.08. The van der Waals surface area contributed by atoms with Crippen molar-refractivity contribution in [3.8, 4) is 5.69 Å². The molecule has 4 aromatic rings. The molecule has 1 aliphatic rings. The van der Waals surface area contributed by atoms with Gasteiger partial charge in [-0.25, -0.2) is 0 Å². The van der Waals surface area contributed by atoms with Crippen molar-refractivity contribution in [1.82, 2.24) is 14.9 Å². The second-order valence-electron chi connectivity index (χ2n) is 10.3. The molecule has 200 valence electrons. The van der Waals surface area contributed by atoms with Crippen LogP contribution in [0.2, 0.25) is 5.02 Å². The molecule has 0 aliphatic carbocycles. The average molecular weight is 558 g/mol. The number of carbonyl (C=O) groups excluding carboxylic acids is 1. The first-order valence-corrected chi connectivity index (χ1v) is 13.8.